The fourth-order valence-corrected chi connectivity index (χ4v) is 2.16. The number of hydrogen-bond acceptors (Lipinski definition) is 3. The Morgan fingerprint density at radius 3 is 3.06 bits per heavy atom. The van der Waals surface area contributed by atoms with Crippen LogP contribution in [-0.4, -0.2) is 11.0 Å². The lowest BCUT2D eigenvalue weighted by atomic mass is 10.2. The SMILES string of the molecule is Fc1ccc(Br)c(-c2cnc(CNC3CC3)o2)c1. The molecule has 94 valence electrons. The van der Waals surface area contributed by atoms with Crippen LogP contribution in [0.5, 0.6) is 0 Å². The lowest BCUT2D eigenvalue weighted by molar-refractivity contribution is 0.476. The molecule has 1 aliphatic rings. The Morgan fingerprint density at radius 1 is 1.44 bits per heavy atom. The van der Waals surface area contributed by atoms with Crippen molar-refractivity contribution in [3.05, 3.63) is 40.6 Å². The number of benzene rings is 1. The Balaban J connectivity index is 1.80. The van der Waals surface area contributed by atoms with Crippen LogP contribution in [0.25, 0.3) is 11.3 Å². The van der Waals surface area contributed by atoms with Gasteiger partial charge in [0.2, 0.25) is 5.89 Å². The number of halogens is 2. The van der Waals surface area contributed by atoms with E-state index in [1.54, 1.807) is 12.3 Å². The highest BCUT2D eigenvalue weighted by Crippen LogP contribution is 2.29. The van der Waals surface area contributed by atoms with Crippen LogP contribution in [0, 0.1) is 5.82 Å². The topological polar surface area (TPSA) is 38.1 Å². The largest absolute Gasteiger partial charge is 0.439 e. The van der Waals surface area contributed by atoms with Gasteiger partial charge >= 0.3 is 0 Å². The Morgan fingerprint density at radius 2 is 2.28 bits per heavy atom. The molecule has 3 nitrogen and oxygen atoms in total. The summed E-state index contributed by atoms with van der Waals surface area (Å²) in [6.45, 7) is 0.623. The van der Waals surface area contributed by atoms with Crippen molar-refractivity contribution in [3.63, 3.8) is 0 Å². The highest BCUT2D eigenvalue weighted by molar-refractivity contribution is 9.10. The third-order valence-electron chi connectivity index (χ3n) is 2.87. The van der Waals surface area contributed by atoms with Gasteiger partial charge in [0.1, 0.15) is 5.82 Å². The van der Waals surface area contributed by atoms with Gasteiger partial charge in [-0.05, 0) is 31.0 Å². The van der Waals surface area contributed by atoms with E-state index in [2.05, 4.69) is 26.2 Å². The second kappa shape index (κ2) is 4.82. The third-order valence-corrected chi connectivity index (χ3v) is 3.56. The zero-order valence-corrected chi connectivity index (χ0v) is 11.2. The smallest absolute Gasteiger partial charge is 0.208 e. The molecule has 0 amide bonds. The van der Waals surface area contributed by atoms with E-state index < -0.39 is 0 Å². The zero-order chi connectivity index (χ0) is 12.5. The van der Waals surface area contributed by atoms with Crippen LogP contribution in [0.15, 0.2) is 33.3 Å². The first kappa shape index (κ1) is 11.9. The molecule has 1 aromatic carbocycles. The van der Waals surface area contributed by atoms with Gasteiger partial charge in [-0.15, -0.1) is 0 Å². The number of aromatic nitrogens is 1. The molecule has 0 aliphatic heterocycles. The molecule has 0 radical (unpaired) electrons. The van der Waals surface area contributed by atoms with Crippen LogP contribution in [0.2, 0.25) is 0 Å². The fraction of sp³-hybridized carbons (Fsp3) is 0.308. The summed E-state index contributed by atoms with van der Waals surface area (Å²) >= 11 is 3.38. The first-order chi connectivity index (χ1) is 8.72. The lowest BCUT2D eigenvalue weighted by Crippen LogP contribution is -2.15. The number of oxazole rings is 1. The van der Waals surface area contributed by atoms with Crippen molar-refractivity contribution in [2.24, 2.45) is 0 Å². The van der Waals surface area contributed by atoms with Gasteiger partial charge in [0.05, 0.1) is 12.7 Å². The first-order valence-electron chi connectivity index (χ1n) is 5.86. The quantitative estimate of drug-likeness (QED) is 0.939. The number of hydrogen-bond donors (Lipinski definition) is 1. The van der Waals surface area contributed by atoms with Crippen LogP contribution in [0.4, 0.5) is 4.39 Å². The van der Waals surface area contributed by atoms with E-state index >= 15 is 0 Å². The number of nitrogens with one attached hydrogen (secondary N) is 1. The van der Waals surface area contributed by atoms with Crippen LogP contribution >= 0.6 is 15.9 Å². The lowest BCUT2D eigenvalue weighted by Gasteiger charge is -2.00. The van der Waals surface area contributed by atoms with Crippen molar-refractivity contribution in [1.29, 1.82) is 0 Å². The third kappa shape index (κ3) is 2.62. The maximum absolute atomic E-state index is 13.2. The molecular weight excluding hydrogens is 299 g/mol. The van der Waals surface area contributed by atoms with Gasteiger partial charge in [-0.3, -0.25) is 0 Å². The molecule has 1 N–H and O–H groups in total. The highest BCUT2D eigenvalue weighted by atomic mass is 79.9. The van der Waals surface area contributed by atoms with E-state index in [1.807, 2.05) is 0 Å². The molecule has 1 aromatic heterocycles. The minimum Gasteiger partial charge on any atom is -0.439 e. The minimum absolute atomic E-state index is 0.290. The van der Waals surface area contributed by atoms with Crippen molar-refractivity contribution in [3.8, 4) is 11.3 Å². The molecule has 18 heavy (non-hydrogen) atoms. The second-order valence-corrected chi connectivity index (χ2v) is 5.25. The molecule has 1 heterocycles. The van der Waals surface area contributed by atoms with E-state index in [4.69, 9.17) is 4.42 Å². The normalized spacial score (nSPS) is 15.0. The van der Waals surface area contributed by atoms with Gasteiger partial charge in [-0.2, -0.15) is 0 Å². The van der Waals surface area contributed by atoms with Gasteiger partial charge in [0, 0.05) is 16.1 Å². The summed E-state index contributed by atoms with van der Waals surface area (Å²) in [6.07, 6.45) is 4.08. The van der Waals surface area contributed by atoms with E-state index in [0.29, 0.717) is 29.8 Å². The first-order valence-corrected chi connectivity index (χ1v) is 6.65. The average Bonchev–Trinajstić information content (AvgIpc) is 3.08. The van der Waals surface area contributed by atoms with E-state index in [1.165, 1.54) is 25.0 Å². The highest BCUT2D eigenvalue weighted by Gasteiger charge is 2.21. The van der Waals surface area contributed by atoms with Crippen LogP contribution in [-0.2, 0) is 6.54 Å². The molecule has 0 unspecified atom stereocenters. The summed E-state index contributed by atoms with van der Waals surface area (Å²) in [7, 11) is 0. The van der Waals surface area contributed by atoms with Gasteiger partial charge in [0.25, 0.3) is 0 Å². The number of nitrogens with zero attached hydrogens (tertiary/aromatic N) is 1. The summed E-state index contributed by atoms with van der Waals surface area (Å²) in [5.41, 5.74) is 0.681. The Hall–Kier alpha value is -1.20. The standard InChI is InChI=1S/C13H12BrFN2O/c14-11-4-1-8(15)5-10(11)12-6-17-13(18-12)7-16-9-2-3-9/h1,4-6,9,16H,2-3,7H2. The van der Waals surface area contributed by atoms with E-state index in [-0.39, 0.29) is 5.82 Å². The maximum atomic E-state index is 13.2. The van der Waals surface area contributed by atoms with Crippen molar-refractivity contribution < 1.29 is 8.81 Å². The molecule has 1 saturated carbocycles. The molecule has 0 spiro atoms. The van der Waals surface area contributed by atoms with Crippen molar-refractivity contribution in [2.45, 2.75) is 25.4 Å². The summed E-state index contributed by atoms with van der Waals surface area (Å²) in [4.78, 5) is 4.19. The Kier molecular flexibility index (Phi) is 3.18. The molecule has 1 fully saturated rings. The molecule has 0 saturated heterocycles. The molecule has 2 aromatic rings. The zero-order valence-electron chi connectivity index (χ0n) is 9.62. The molecule has 1 aliphatic carbocycles. The molecule has 3 rings (SSSR count). The summed E-state index contributed by atoms with van der Waals surface area (Å²) in [5.74, 6) is 0.921. The van der Waals surface area contributed by atoms with E-state index in [9.17, 15) is 4.39 Å². The van der Waals surface area contributed by atoms with Crippen LogP contribution < -0.4 is 5.32 Å². The second-order valence-electron chi connectivity index (χ2n) is 4.40. The summed E-state index contributed by atoms with van der Waals surface area (Å²) in [6, 6.07) is 5.11. The molecule has 0 atom stereocenters. The Labute approximate surface area is 113 Å². The predicted molar refractivity (Wildman–Crippen MR) is 69.5 cm³/mol. The van der Waals surface area contributed by atoms with Crippen LogP contribution in [0.1, 0.15) is 18.7 Å². The van der Waals surface area contributed by atoms with Gasteiger partial charge in [-0.1, -0.05) is 15.9 Å². The average molecular weight is 311 g/mol. The van der Waals surface area contributed by atoms with Crippen molar-refractivity contribution in [1.82, 2.24) is 10.3 Å². The maximum Gasteiger partial charge on any atom is 0.208 e. The molecular formula is C13H12BrFN2O. The molecule has 5 heteroatoms. The number of rotatable bonds is 4. The Bertz CT molecular complexity index is 566. The summed E-state index contributed by atoms with van der Waals surface area (Å²) in [5, 5.41) is 3.32. The van der Waals surface area contributed by atoms with Crippen molar-refractivity contribution in [2.75, 3.05) is 0 Å². The van der Waals surface area contributed by atoms with Gasteiger partial charge in [0.15, 0.2) is 5.76 Å². The monoisotopic (exact) mass is 310 g/mol. The van der Waals surface area contributed by atoms with Gasteiger partial charge in [-0.25, -0.2) is 9.37 Å². The minimum atomic E-state index is -0.290. The fourth-order valence-electron chi connectivity index (χ4n) is 1.72. The van der Waals surface area contributed by atoms with E-state index in [0.717, 1.165) is 4.47 Å². The van der Waals surface area contributed by atoms with Crippen molar-refractivity contribution >= 4 is 15.9 Å². The predicted octanol–water partition coefficient (Wildman–Crippen LogP) is 3.50. The van der Waals surface area contributed by atoms with Gasteiger partial charge < -0.3 is 9.73 Å². The summed E-state index contributed by atoms with van der Waals surface area (Å²) < 4.78 is 19.6. The molecule has 0 bridgehead atoms. The van der Waals surface area contributed by atoms with Crippen LogP contribution in [0.3, 0.4) is 0 Å².